The van der Waals surface area contributed by atoms with Gasteiger partial charge in [-0.2, -0.15) is 0 Å². The molecule has 1 saturated carbocycles. The van der Waals surface area contributed by atoms with Gasteiger partial charge in [-0.1, -0.05) is 4.68 Å². The number of hydrogen-bond acceptors (Lipinski definition) is 4. The highest BCUT2D eigenvalue weighted by molar-refractivity contribution is 5.84. The van der Waals surface area contributed by atoms with Crippen molar-refractivity contribution >= 4 is 11.8 Å². The molecular formula is C10H16N3O4+. The lowest BCUT2D eigenvalue weighted by Gasteiger charge is -2.00. The summed E-state index contributed by atoms with van der Waals surface area (Å²) in [7, 11) is 1.00. The molecule has 1 aromatic rings. The molecule has 0 saturated heterocycles. The zero-order valence-electron chi connectivity index (χ0n) is 9.59. The van der Waals surface area contributed by atoms with E-state index in [2.05, 4.69) is 10.3 Å². The number of rotatable bonds is 3. The van der Waals surface area contributed by atoms with Gasteiger partial charge in [-0.05, 0) is 18.0 Å². The van der Waals surface area contributed by atoms with Crippen molar-refractivity contribution in [1.82, 2.24) is 5.10 Å². The fraction of sp³-hybridized carbons (Fsp3) is 0.600. The molecule has 1 aliphatic rings. The summed E-state index contributed by atoms with van der Waals surface area (Å²) in [6.45, 7) is 0. The van der Waals surface area contributed by atoms with E-state index in [0.717, 1.165) is 32.8 Å². The van der Waals surface area contributed by atoms with Crippen molar-refractivity contribution in [2.45, 2.75) is 31.7 Å². The Bertz CT molecular complexity index is 396. The van der Waals surface area contributed by atoms with Gasteiger partial charge in [0.25, 0.3) is 0 Å². The molecule has 0 radical (unpaired) electrons. The van der Waals surface area contributed by atoms with Gasteiger partial charge >= 0.3 is 11.7 Å². The minimum atomic E-state index is -1.03. The largest absolute Gasteiger partial charge is 0.473 e. The molecule has 7 nitrogen and oxygen atoms in total. The van der Waals surface area contributed by atoms with Gasteiger partial charge in [0.1, 0.15) is 0 Å². The third kappa shape index (κ3) is 2.88. The Morgan fingerprint density at radius 1 is 1.47 bits per heavy atom. The lowest BCUT2D eigenvalue weighted by atomic mass is 10.2. The molecule has 3 N–H and O–H groups in total. The zero-order valence-corrected chi connectivity index (χ0v) is 9.59. The van der Waals surface area contributed by atoms with Crippen LogP contribution in [0.2, 0.25) is 0 Å². The Labute approximate surface area is 98.0 Å². The minimum Gasteiger partial charge on any atom is -0.473 e. The van der Waals surface area contributed by atoms with Crippen molar-refractivity contribution in [3.63, 3.8) is 0 Å². The van der Waals surface area contributed by atoms with Crippen molar-refractivity contribution in [3.8, 4) is 0 Å². The Balaban J connectivity index is 0.000000686. The second-order valence-electron chi connectivity index (χ2n) is 3.73. The van der Waals surface area contributed by atoms with Gasteiger partial charge in [-0.3, -0.25) is 0 Å². The molecule has 0 aliphatic heterocycles. The van der Waals surface area contributed by atoms with Gasteiger partial charge in [0.15, 0.2) is 6.04 Å². The lowest BCUT2D eigenvalue weighted by molar-refractivity contribution is -0.773. The molecule has 1 heterocycles. The van der Waals surface area contributed by atoms with E-state index >= 15 is 0 Å². The van der Waals surface area contributed by atoms with Gasteiger partial charge in [-0.15, -0.1) is 10.0 Å². The zero-order chi connectivity index (χ0) is 12.8. The number of aliphatic hydroxyl groups is 1. The summed E-state index contributed by atoms with van der Waals surface area (Å²) in [6.07, 6.45) is 4.09. The number of nitroso groups, excluding NO2 is 1. The molecule has 1 fully saturated rings. The van der Waals surface area contributed by atoms with Crippen LogP contribution in [-0.2, 0) is 0 Å². The van der Waals surface area contributed by atoms with Gasteiger partial charge < -0.3 is 10.2 Å². The maximum atomic E-state index is 10.9. The molecule has 17 heavy (non-hydrogen) atoms. The maximum Gasteiger partial charge on any atom is 0.403 e. The normalized spacial score (nSPS) is 15.2. The molecule has 0 unspecified atom stereocenters. The monoisotopic (exact) mass is 242 g/mol. The summed E-state index contributed by atoms with van der Waals surface area (Å²) < 4.78 is 1.55. The van der Waals surface area contributed by atoms with E-state index in [0.29, 0.717) is 0 Å². The van der Waals surface area contributed by atoms with Crippen molar-refractivity contribution in [1.29, 1.82) is 0 Å². The summed E-state index contributed by atoms with van der Waals surface area (Å²) in [4.78, 5) is 21.2. The van der Waals surface area contributed by atoms with Crippen LogP contribution in [0, 0.1) is 4.91 Å². The van der Waals surface area contributed by atoms with E-state index in [-0.39, 0.29) is 17.6 Å². The first-order valence-corrected chi connectivity index (χ1v) is 5.38. The number of carbonyl (C=O) groups is 1. The number of nitrogens with zero attached hydrogens (tertiary/aromatic N) is 2. The summed E-state index contributed by atoms with van der Waals surface area (Å²) in [5.74, 6) is -0.965. The molecule has 0 aromatic carbocycles. The lowest BCUT2D eigenvalue weighted by Crippen LogP contribution is -2.44. The van der Waals surface area contributed by atoms with Crippen LogP contribution in [0.5, 0.6) is 0 Å². The number of carboxylic acids is 1. The molecule has 7 heteroatoms. The van der Waals surface area contributed by atoms with E-state index in [9.17, 15) is 9.70 Å². The first-order valence-electron chi connectivity index (χ1n) is 5.38. The van der Waals surface area contributed by atoms with Crippen LogP contribution in [0.1, 0.15) is 42.2 Å². The topological polar surface area (TPSA) is 107 Å². The molecule has 0 spiro atoms. The Hall–Kier alpha value is -1.76. The molecule has 2 rings (SSSR count). The second kappa shape index (κ2) is 6.09. The number of aromatic amines is 1. The minimum absolute atomic E-state index is 0.0688. The van der Waals surface area contributed by atoms with Crippen molar-refractivity contribution in [2.24, 2.45) is 5.18 Å². The van der Waals surface area contributed by atoms with Crippen LogP contribution < -0.4 is 4.68 Å². The number of nitrogens with one attached hydrogen (secondary N) is 1. The van der Waals surface area contributed by atoms with Crippen molar-refractivity contribution in [3.05, 3.63) is 16.7 Å². The smallest absolute Gasteiger partial charge is 0.403 e. The highest BCUT2D eigenvalue weighted by Gasteiger charge is 2.32. The molecule has 0 bridgehead atoms. The number of hydrogen-bond donors (Lipinski definition) is 3. The van der Waals surface area contributed by atoms with Crippen LogP contribution in [0.4, 0.5) is 5.82 Å². The summed E-state index contributed by atoms with van der Waals surface area (Å²) in [5.41, 5.74) is 0.108. The predicted molar refractivity (Wildman–Crippen MR) is 59.0 cm³/mol. The number of H-pyrrole nitrogens is 1. The molecular weight excluding hydrogens is 226 g/mol. The van der Waals surface area contributed by atoms with E-state index in [1.165, 1.54) is 6.07 Å². The molecule has 1 aromatic heterocycles. The van der Waals surface area contributed by atoms with Crippen LogP contribution >= 0.6 is 0 Å². The second-order valence-corrected chi connectivity index (χ2v) is 3.73. The molecule has 94 valence electrons. The van der Waals surface area contributed by atoms with Crippen LogP contribution in [-0.4, -0.2) is 28.4 Å². The number of aliphatic hydroxyl groups excluding tert-OH is 1. The van der Waals surface area contributed by atoms with Crippen molar-refractivity contribution in [2.75, 3.05) is 7.11 Å². The third-order valence-electron chi connectivity index (χ3n) is 2.78. The van der Waals surface area contributed by atoms with Crippen LogP contribution in [0.3, 0.4) is 0 Å². The van der Waals surface area contributed by atoms with Gasteiger partial charge in [0, 0.05) is 20.0 Å². The summed E-state index contributed by atoms with van der Waals surface area (Å²) >= 11 is 0. The third-order valence-corrected chi connectivity index (χ3v) is 2.78. The first kappa shape index (κ1) is 13.3. The molecule has 1 aliphatic carbocycles. The number of aromatic nitrogens is 2. The predicted octanol–water partition coefficient (Wildman–Crippen LogP) is 1.12. The fourth-order valence-electron chi connectivity index (χ4n) is 2.08. The van der Waals surface area contributed by atoms with Crippen LogP contribution in [0.25, 0.3) is 0 Å². The number of carboxylic acid groups (broad SMARTS) is 1. The highest BCUT2D eigenvalue weighted by atomic mass is 16.4. The van der Waals surface area contributed by atoms with Gasteiger partial charge in [0.2, 0.25) is 5.82 Å². The average Bonchev–Trinajstić information content (AvgIpc) is 3.00. The quantitative estimate of drug-likeness (QED) is 0.545. The highest BCUT2D eigenvalue weighted by Crippen LogP contribution is 2.25. The molecule has 0 amide bonds. The van der Waals surface area contributed by atoms with E-state index < -0.39 is 5.97 Å². The Morgan fingerprint density at radius 3 is 2.53 bits per heavy atom. The van der Waals surface area contributed by atoms with Gasteiger partial charge in [-0.25, -0.2) is 4.79 Å². The van der Waals surface area contributed by atoms with E-state index in [1.54, 1.807) is 4.68 Å². The first-order chi connectivity index (χ1) is 8.22. The maximum absolute atomic E-state index is 10.9. The summed E-state index contributed by atoms with van der Waals surface area (Å²) in [6, 6.07) is 1.43. The average molecular weight is 242 g/mol. The Morgan fingerprint density at radius 2 is 2.06 bits per heavy atom. The number of aromatic carboxylic acids is 1. The molecule has 0 atom stereocenters. The standard InChI is InChI=1S/C9H11N3O3.CH4O/c13-9(14)7-5-8(11-15)10-12(7)6-3-1-2-4-6;1-2/h5-6H,1-4H2,(H,13,14);2H,1H3/p+1. The summed E-state index contributed by atoms with van der Waals surface area (Å²) in [5, 5.41) is 21.4. The van der Waals surface area contributed by atoms with Crippen molar-refractivity contribution < 1.29 is 19.7 Å². The van der Waals surface area contributed by atoms with Gasteiger partial charge in [0.05, 0.1) is 6.07 Å². The van der Waals surface area contributed by atoms with Crippen LogP contribution in [0.15, 0.2) is 11.2 Å². The van der Waals surface area contributed by atoms with E-state index in [1.807, 2.05) is 0 Å². The fourth-order valence-corrected chi connectivity index (χ4v) is 2.08. The SMILES string of the molecule is CO.O=Nc1cc(C(=O)O)[n+](C2CCCC2)[nH]1. The Kier molecular flexibility index (Phi) is 4.77. The van der Waals surface area contributed by atoms with E-state index in [4.69, 9.17) is 10.2 Å².